The van der Waals surface area contributed by atoms with Gasteiger partial charge in [-0.1, -0.05) is 30.3 Å². The monoisotopic (exact) mass is 312 g/mol. The van der Waals surface area contributed by atoms with E-state index < -0.39 is 0 Å². The number of nitrogens with one attached hydrogen (secondary N) is 1. The Balaban J connectivity index is 1.54. The average molecular weight is 312 g/mol. The molecule has 120 valence electrons. The maximum atomic E-state index is 11.0. The summed E-state index contributed by atoms with van der Waals surface area (Å²) in [4.78, 5) is 17.2. The van der Waals surface area contributed by atoms with Crippen LogP contribution in [0.15, 0.2) is 48.7 Å². The van der Waals surface area contributed by atoms with E-state index in [0.717, 1.165) is 32.5 Å². The van der Waals surface area contributed by atoms with Crippen LogP contribution in [0.4, 0.5) is 11.5 Å². The summed E-state index contributed by atoms with van der Waals surface area (Å²) in [6.45, 7) is 2.91. The molecule has 1 N–H and O–H groups in total. The summed E-state index contributed by atoms with van der Waals surface area (Å²) >= 11 is 0. The summed E-state index contributed by atoms with van der Waals surface area (Å²) in [5.41, 5.74) is 1.36. The van der Waals surface area contributed by atoms with E-state index in [-0.39, 0.29) is 16.7 Å². The number of nitrogens with zero attached hydrogens (tertiary/aromatic N) is 3. The van der Waals surface area contributed by atoms with Crippen LogP contribution in [0.25, 0.3) is 0 Å². The minimum atomic E-state index is -0.389. The Kier molecular flexibility index (Phi) is 4.83. The zero-order valence-electron chi connectivity index (χ0n) is 12.9. The van der Waals surface area contributed by atoms with Crippen LogP contribution in [-0.2, 0) is 6.54 Å². The molecular weight excluding hydrogens is 292 g/mol. The van der Waals surface area contributed by atoms with Gasteiger partial charge in [0.25, 0.3) is 0 Å². The molecule has 0 amide bonds. The molecule has 0 unspecified atom stereocenters. The largest absolute Gasteiger partial charge is 0.362 e. The summed E-state index contributed by atoms with van der Waals surface area (Å²) in [6.07, 6.45) is 3.50. The van der Waals surface area contributed by atoms with E-state index in [1.54, 1.807) is 12.3 Å². The van der Waals surface area contributed by atoms with Crippen molar-refractivity contribution in [1.82, 2.24) is 9.88 Å². The maximum Gasteiger partial charge on any atom is 0.311 e. The summed E-state index contributed by atoms with van der Waals surface area (Å²) in [5, 5.41) is 14.3. The molecule has 1 aromatic heterocycles. The van der Waals surface area contributed by atoms with E-state index in [2.05, 4.69) is 39.5 Å². The Morgan fingerprint density at radius 2 is 1.91 bits per heavy atom. The number of rotatable bonds is 5. The molecule has 1 aromatic carbocycles. The Morgan fingerprint density at radius 1 is 1.17 bits per heavy atom. The van der Waals surface area contributed by atoms with Gasteiger partial charge in [0, 0.05) is 37.9 Å². The third-order valence-electron chi connectivity index (χ3n) is 4.16. The average Bonchev–Trinajstić information content (AvgIpc) is 2.58. The van der Waals surface area contributed by atoms with Crippen LogP contribution in [-0.4, -0.2) is 33.9 Å². The van der Waals surface area contributed by atoms with E-state index in [1.807, 2.05) is 6.07 Å². The third kappa shape index (κ3) is 4.04. The minimum Gasteiger partial charge on any atom is -0.362 e. The fourth-order valence-corrected chi connectivity index (χ4v) is 2.93. The quantitative estimate of drug-likeness (QED) is 0.678. The molecule has 3 rings (SSSR count). The van der Waals surface area contributed by atoms with Crippen molar-refractivity contribution in [3.63, 3.8) is 0 Å². The van der Waals surface area contributed by atoms with Crippen LogP contribution in [0.3, 0.4) is 0 Å². The van der Waals surface area contributed by atoms with Crippen molar-refractivity contribution in [1.29, 1.82) is 0 Å². The Morgan fingerprint density at radius 3 is 2.61 bits per heavy atom. The van der Waals surface area contributed by atoms with Gasteiger partial charge in [0.2, 0.25) is 5.82 Å². The first-order valence-corrected chi connectivity index (χ1v) is 7.84. The molecule has 1 aliphatic heterocycles. The van der Waals surface area contributed by atoms with Gasteiger partial charge in [0.1, 0.15) is 0 Å². The number of anilines is 1. The lowest BCUT2D eigenvalue weighted by Gasteiger charge is -2.32. The molecule has 2 heterocycles. The first-order chi connectivity index (χ1) is 11.2. The Bertz CT molecular complexity index is 655. The number of hydrogen-bond acceptors (Lipinski definition) is 5. The third-order valence-corrected chi connectivity index (χ3v) is 4.16. The molecule has 0 bridgehead atoms. The molecule has 0 atom stereocenters. The second-order valence-electron chi connectivity index (χ2n) is 5.81. The lowest BCUT2D eigenvalue weighted by molar-refractivity contribution is -0.384. The maximum absolute atomic E-state index is 11.0. The van der Waals surface area contributed by atoms with Crippen LogP contribution < -0.4 is 5.32 Å². The summed E-state index contributed by atoms with van der Waals surface area (Å²) in [6, 6.07) is 13.7. The first kappa shape index (κ1) is 15.4. The van der Waals surface area contributed by atoms with Crippen LogP contribution >= 0.6 is 0 Å². The summed E-state index contributed by atoms with van der Waals surface area (Å²) in [7, 11) is 0. The molecule has 0 saturated carbocycles. The highest BCUT2D eigenvalue weighted by Gasteiger charge is 2.22. The van der Waals surface area contributed by atoms with Gasteiger partial charge in [-0.15, -0.1) is 0 Å². The second kappa shape index (κ2) is 7.19. The zero-order chi connectivity index (χ0) is 16.1. The molecule has 0 aliphatic carbocycles. The van der Waals surface area contributed by atoms with Crippen molar-refractivity contribution in [2.45, 2.75) is 25.4 Å². The fourth-order valence-electron chi connectivity index (χ4n) is 2.93. The smallest absolute Gasteiger partial charge is 0.311 e. The van der Waals surface area contributed by atoms with Crippen LogP contribution in [0, 0.1) is 10.1 Å². The predicted molar refractivity (Wildman–Crippen MR) is 89.3 cm³/mol. The lowest BCUT2D eigenvalue weighted by atomic mass is 10.0. The Hall–Kier alpha value is -2.47. The lowest BCUT2D eigenvalue weighted by Crippen LogP contribution is -2.38. The number of nitro groups is 1. The summed E-state index contributed by atoms with van der Waals surface area (Å²) in [5.74, 6) is 0.374. The van der Waals surface area contributed by atoms with Crippen molar-refractivity contribution in [2.24, 2.45) is 0 Å². The molecular formula is C17H20N4O2. The highest BCUT2D eigenvalue weighted by Crippen LogP contribution is 2.24. The van der Waals surface area contributed by atoms with Crippen molar-refractivity contribution in [3.05, 3.63) is 64.3 Å². The standard InChI is InChI=1S/C17H20N4O2/c22-21(23)16-7-4-10-18-17(16)19-15-8-11-20(12-9-15)13-14-5-2-1-3-6-14/h1-7,10,15H,8-9,11-13H2,(H,18,19). The molecule has 2 aromatic rings. The van der Waals surface area contributed by atoms with Crippen LogP contribution in [0.2, 0.25) is 0 Å². The van der Waals surface area contributed by atoms with Crippen molar-refractivity contribution < 1.29 is 4.92 Å². The number of aromatic nitrogens is 1. The van der Waals surface area contributed by atoms with E-state index >= 15 is 0 Å². The van der Waals surface area contributed by atoms with Crippen LogP contribution in [0.1, 0.15) is 18.4 Å². The molecule has 0 radical (unpaired) electrons. The first-order valence-electron chi connectivity index (χ1n) is 7.84. The molecule has 1 fully saturated rings. The van der Waals surface area contributed by atoms with E-state index in [9.17, 15) is 10.1 Å². The minimum absolute atomic E-state index is 0.0409. The molecule has 23 heavy (non-hydrogen) atoms. The normalized spacial score (nSPS) is 16.2. The molecule has 6 nitrogen and oxygen atoms in total. The predicted octanol–water partition coefficient (Wildman–Crippen LogP) is 3.07. The van der Waals surface area contributed by atoms with Crippen molar-refractivity contribution >= 4 is 11.5 Å². The number of benzene rings is 1. The van der Waals surface area contributed by atoms with Gasteiger partial charge in [-0.25, -0.2) is 4.98 Å². The second-order valence-corrected chi connectivity index (χ2v) is 5.81. The molecule has 6 heteroatoms. The van der Waals surface area contributed by atoms with E-state index in [4.69, 9.17) is 0 Å². The van der Waals surface area contributed by atoms with E-state index in [0.29, 0.717) is 5.82 Å². The molecule has 0 spiro atoms. The van der Waals surface area contributed by atoms with E-state index in [1.165, 1.54) is 11.6 Å². The fraction of sp³-hybridized carbons (Fsp3) is 0.353. The summed E-state index contributed by atoms with van der Waals surface area (Å²) < 4.78 is 0. The van der Waals surface area contributed by atoms with Gasteiger partial charge in [-0.2, -0.15) is 0 Å². The Labute approximate surface area is 135 Å². The number of hydrogen-bond donors (Lipinski definition) is 1. The topological polar surface area (TPSA) is 71.3 Å². The van der Waals surface area contributed by atoms with Gasteiger partial charge >= 0.3 is 5.69 Å². The number of piperidine rings is 1. The zero-order valence-corrected chi connectivity index (χ0v) is 12.9. The van der Waals surface area contributed by atoms with Gasteiger partial charge in [-0.3, -0.25) is 15.0 Å². The van der Waals surface area contributed by atoms with Gasteiger partial charge < -0.3 is 5.32 Å². The van der Waals surface area contributed by atoms with Gasteiger partial charge in [0.15, 0.2) is 0 Å². The SMILES string of the molecule is O=[N+]([O-])c1cccnc1NC1CCN(Cc2ccccc2)CC1. The van der Waals surface area contributed by atoms with Crippen molar-refractivity contribution in [2.75, 3.05) is 18.4 Å². The molecule has 1 aliphatic rings. The highest BCUT2D eigenvalue weighted by atomic mass is 16.6. The molecule has 1 saturated heterocycles. The number of likely N-dealkylation sites (tertiary alicyclic amines) is 1. The van der Waals surface area contributed by atoms with Gasteiger partial charge in [0.05, 0.1) is 4.92 Å². The van der Waals surface area contributed by atoms with Crippen molar-refractivity contribution in [3.8, 4) is 0 Å². The van der Waals surface area contributed by atoms with Gasteiger partial charge in [-0.05, 0) is 24.5 Å². The highest BCUT2D eigenvalue weighted by molar-refractivity contribution is 5.55. The van der Waals surface area contributed by atoms with Crippen LogP contribution in [0.5, 0.6) is 0 Å². The number of pyridine rings is 1.